The van der Waals surface area contributed by atoms with Gasteiger partial charge in [-0.3, -0.25) is 0 Å². The first kappa shape index (κ1) is 10.7. The summed E-state index contributed by atoms with van der Waals surface area (Å²) in [6.07, 6.45) is -0.705. The maximum atomic E-state index is 10.5. The lowest BCUT2D eigenvalue weighted by Gasteiger charge is -2.14. The minimum Gasteiger partial charge on any atom is -0.479 e. The molecule has 1 rings (SSSR count). The van der Waals surface area contributed by atoms with Gasteiger partial charge < -0.3 is 10.2 Å². The fourth-order valence-corrected chi connectivity index (χ4v) is 1.34. The number of benzene rings is 1. The van der Waals surface area contributed by atoms with Crippen LogP contribution in [0.25, 0.3) is 0 Å². The second kappa shape index (κ2) is 4.77. The van der Waals surface area contributed by atoms with Crippen LogP contribution in [0.15, 0.2) is 30.3 Å². The van der Waals surface area contributed by atoms with E-state index in [-0.39, 0.29) is 5.92 Å². The van der Waals surface area contributed by atoms with Crippen LogP contribution in [-0.2, 0) is 11.2 Å². The summed E-state index contributed by atoms with van der Waals surface area (Å²) in [6.45, 7) is 1.73. The Bertz CT molecular complexity index is 295. The van der Waals surface area contributed by atoms with E-state index in [4.69, 9.17) is 5.11 Å². The molecular formula is C11H14O3. The Hall–Kier alpha value is -1.35. The molecule has 0 amide bonds. The number of hydrogen-bond donors (Lipinski definition) is 2. The molecular weight excluding hydrogens is 180 g/mol. The fraction of sp³-hybridized carbons (Fsp3) is 0.364. The maximum absolute atomic E-state index is 10.5. The van der Waals surface area contributed by atoms with Gasteiger partial charge in [0.25, 0.3) is 0 Å². The zero-order valence-electron chi connectivity index (χ0n) is 8.05. The molecule has 2 N–H and O–H groups in total. The quantitative estimate of drug-likeness (QED) is 0.759. The van der Waals surface area contributed by atoms with Crippen molar-refractivity contribution >= 4 is 5.97 Å². The lowest BCUT2D eigenvalue weighted by Crippen LogP contribution is -2.28. The second-order valence-electron chi connectivity index (χ2n) is 3.45. The van der Waals surface area contributed by atoms with Crippen LogP contribution < -0.4 is 0 Å². The average molecular weight is 194 g/mol. The Balaban J connectivity index is 2.57. The van der Waals surface area contributed by atoms with E-state index in [9.17, 15) is 9.90 Å². The molecule has 0 fully saturated rings. The number of aliphatic hydroxyl groups excluding tert-OH is 1. The summed E-state index contributed by atoms with van der Waals surface area (Å²) < 4.78 is 0. The molecule has 0 saturated carbocycles. The van der Waals surface area contributed by atoms with E-state index >= 15 is 0 Å². The van der Waals surface area contributed by atoms with Crippen LogP contribution in [0.2, 0.25) is 0 Å². The number of carboxylic acids is 1. The summed E-state index contributed by atoms with van der Waals surface area (Å²) in [7, 11) is 0. The molecule has 0 aliphatic heterocycles. The molecule has 0 bridgehead atoms. The van der Waals surface area contributed by atoms with E-state index in [1.54, 1.807) is 6.92 Å². The third-order valence-corrected chi connectivity index (χ3v) is 2.19. The minimum atomic E-state index is -1.28. The number of carbonyl (C=O) groups is 1. The summed E-state index contributed by atoms with van der Waals surface area (Å²) in [4.78, 5) is 10.5. The number of aliphatic carboxylic acids is 1. The van der Waals surface area contributed by atoms with Gasteiger partial charge in [0.1, 0.15) is 0 Å². The van der Waals surface area contributed by atoms with Gasteiger partial charge in [0.15, 0.2) is 6.10 Å². The zero-order valence-corrected chi connectivity index (χ0v) is 8.05. The fourth-order valence-electron chi connectivity index (χ4n) is 1.34. The van der Waals surface area contributed by atoms with Crippen molar-refractivity contribution in [3.05, 3.63) is 35.9 Å². The number of hydrogen-bond acceptors (Lipinski definition) is 2. The van der Waals surface area contributed by atoms with Crippen molar-refractivity contribution < 1.29 is 15.0 Å². The summed E-state index contributed by atoms with van der Waals surface area (Å²) in [5.41, 5.74) is 1.04. The monoisotopic (exact) mass is 194 g/mol. The van der Waals surface area contributed by atoms with Crippen molar-refractivity contribution in [3.8, 4) is 0 Å². The molecule has 14 heavy (non-hydrogen) atoms. The number of carboxylic acid groups (broad SMARTS) is 1. The van der Waals surface area contributed by atoms with Gasteiger partial charge in [-0.1, -0.05) is 37.3 Å². The zero-order chi connectivity index (χ0) is 10.6. The van der Waals surface area contributed by atoms with Crippen molar-refractivity contribution in [2.75, 3.05) is 0 Å². The lowest BCUT2D eigenvalue weighted by atomic mass is 9.96. The first-order valence-corrected chi connectivity index (χ1v) is 4.56. The van der Waals surface area contributed by atoms with E-state index in [1.165, 1.54) is 0 Å². The smallest absolute Gasteiger partial charge is 0.332 e. The molecule has 0 radical (unpaired) electrons. The maximum Gasteiger partial charge on any atom is 0.332 e. The van der Waals surface area contributed by atoms with Crippen LogP contribution in [0, 0.1) is 5.92 Å². The third-order valence-electron chi connectivity index (χ3n) is 2.19. The van der Waals surface area contributed by atoms with Crippen LogP contribution >= 0.6 is 0 Å². The van der Waals surface area contributed by atoms with Gasteiger partial charge in [0.2, 0.25) is 0 Å². The van der Waals surface area contributed by atoms with Crippen molar-refractivity contribution in [2.45, 2.75) is 19.4 Å². The minimum absolute atomic E-state index is 0.269. The number of aliphatic hydroxyl groups is 1. The largest absolute Gasteiger partial charge is 0.479 e. The topological polar surface area (TPSA) is 57.5 Å². The lowest BCUT2D eigenvalue weighted by molar-refractivity contribution is -0.149. The molecule has 0 aromatic heterocycles. The first-order valence-electron chi connectivity index (χ1n) is 4.56. The molecule has 1 aromatic rings. The van der Waals surface area contributed by atoms with Gasteiger partial charge in [-0.05, 0) is 17.9 Å². The highest BCUT2D eigenvalue weighted by Gasteiger charge is 2.21. The van der Waals surface area contributed by atoms with Crippen molar-refractivity contribution in [2.24, 2.45) is 5.92 Å². The molecule has 3 nitrogen and oxygen atoms in total. The normalized spacial score (nSPS) is 14.7. The van der Waals surface area contributed by atoms with Crippen LogP contribution in [-0.4, -0.2) is 22.3 Å². The Morgan fingerprint density at radius 3 is 2.43 bits per heavy atom. The van der Waals surface area contributed by atoms with Gasteiger partial charge in [0.05, 0.1) is 0 Å². The first-order chi connectivity index (χ1) is 6.61. The van der Waals surface area contributed by atoms with E-state index in [2.05, 4.69) is 0 Å². The predicted molar refractivity (Wildman–Crippen MR) is 53.0 cm³/mol. The molecule has 0 unspecified atom stereocenters. The SMILES string of the molecule is C[C@H](Cc1ccccc1)[C@H](O)C(=O)O. The molecule has 0 aliphatic rings. The summed E-state index contributed by atoms with van der Waals surface area (Å²) >= 11 is 0. The Labute approximate surface area is 83.0 Å². The van der Waals surface area contributed by atoms with Crippen molar-refractivity contribution in [1.82, 2.24) is 0 Å². The molecule has 1 aromatic carbocycles. The van der Waals surface area contributed by atoms with Crippen LogP contribution in [0.4, 0.5) is 0 Å². The molecule has 0 spiro atoms. The number of rotatable bonds is 4. The predicted octanol–water partition coefficient (Wildman–Crippen LogP) is 1.31. The van der Waals surface area contributed by atoms with Crippen molar-refractivity contribution in [3.63, 3.8) is 0 Å². The molecule has 3 heteroatoms. The average Bonchev–Trinajstić information content (AvgIpc) is 2.18. The molecule has 0 saturated heterocycles. The van der Waals surface area contributed by atoms with E-state index in [0.29, 0.717) is 6.42 Å². The van der Waals surface area contributed by atoms with Gasteiger partial charge >= 0.3 is 5.97 Å². The van der Waals surface area contributed by atoms with E-state index in [0.717, 1.165) is 5.56 Å². The Morgan fingerprint density at radius 2 is 1.93 bits per heavy atom. The molecule has 0 heterocycles. The van der Waals surface area contributed by atoms with Crippen molar-refractivity contribution in [1.29, 1.82) is 0 Å². The highest BCUT2D eigenvalue weighted by molar-refractivity contribution is 5.72. The summed E-state index contributed by atoms with van der Waals surface area (Å²) in [6, 6.07) is 9.54. The summed E-state index contributed by atoms with van der Waals surface area (Å²) in [5.74, 6) is -1.43. The highest BCUT2D eigenvalue weighted by atomic mass is 16.4. The highest BCUT2D eigenvalue weighted by Crippen LogP contribution is 2.11. The molecule has 0 aliphatic carbocycles. The molecule has 76 valence electrons. The van der Waals surface area contributed by atoms with Gasteiger partial charge in [0, 0.05) is 0 Å². The second-order valence-corrected chi connectivity index (χ2v) is 3.45. The van der Waals surface area contributed by atoms with Gasteiger partial charge in [-0.25, -0.2) is 4.79 Å². The standard InChI is InChI=1S/C11H14O3/c1-8(10(12)11(13)14)7-9-5-3-2-4-6-9/h2-6,8,10,12H,7H2,1H3,(H,13,14)/t8-,10+/m1/s1. The Kier molecular flexibility index (Phi) is 3.65. The molecule has 2 atom stereocenters. The van der Waals surface area contributed by atoms with Gasteiger partial charge in [-0.15, -0.1) is 0 Å². The van der Waals surface area contributed by atoms with E-state index in [1.807, 2.05) is 30.3 Å². The van der Waals surface area contributed by atoms with E-state index < -0.39 is 12.1 Å². The van der Waals surface area contributed by atoms with Gasteiger partial charge in [-0.2, -0.15) is 0 Å². The Morgan fingerprint density at radius 1 is 1.36 bits per heavy atom. The van der Waals surface area contributed by atoms with Crippen LogP contribution in [0.1, 0.15) is 12.5 Å². The van der Waals surface area contributed by atoms with Crippen LogP contribution in [0.3, 0.4) is 0 Å². The third kappa shape index (κ3) is 2.85. The summed E-state index contributed by atoms with van der Waals surface area (Å²) in [5, 5.41) is 17.8. The van der Waals surface area contributed by atoms with Crippen LogP contribution in [0.5, 0.6) is 0 Å².